The van der Waals surface area contributed by atoms with E-state index in [0.717, 1.165) is 75.9 Å². The standard InChI is InChI=1S/C22H31FN6S/c1-17-26-20(16-30-17)15-27-8-6-18(7-9-27)14-25-22(24)29-12-10-28(11-13-29)21-4-2-19(23)3-5-21/h2-5,16,18H,6-15H2,1H3,(H2,24,25). The number of thiazole rings is 1. The number of hydrogen-bond acceptors (Lipinski definition) is 5. The molecular weight excluding hydrogens is 399 g/mol. The van der Waals surface area contributed by atoms with Crippen LogP contribution in [0.15, 0.2) is 34.6 Å². The third-order valence-corrected chi connectivity index (χ3v) is 6.89. The zero-order valence-electron chi connectivity index (χ0n) is 17.6. The summed E-state index contributed by atoms with van der Waals surface area (Å²) in [6.45, 7) is 9.48. The summed E-state index contributed by atoms with van der Waals surface area (Å²) in [5.74, 6) is 1.07. The van der Waals surface area contributed by atoms with Gasteiger partial charge < -0.3 is 15.5 Å². The van der Waals surface area contributed by atoms with Crippen LogP contribution in [-0.2, 0) is 6.54 Å². The van der Waals surface area contributed by atoms with Gasteiger partial charge in [0.1, 0.15) is 5.82 Å². The van der Waals surface area contributed by atoms with E-state index in [-0.39, 0.29) is 5.82 Å². The van der Waals surface area contributed by atoms with Crippen LogP contribution in [0.2, 0.25) is 0 Å². The van der Waals surface area contributed by atoms with Crippen molar-refractivity contribution < 1.29 is 4.39 Å². The van der Waals surface area contributed by atoms with Crippen molar-refractivity contribution in [1.82, 2.24) is 14.8 Å². The van der Waals surface area contributed by atoms with Gasteiger partial charge in [-0.15, -0.1) is 11.3 Å². The number of benzene rings is 1. The van der Waals surface area contributed by atoms with E-state index in [2.05, 4.69) is 32.0 Å². The number of hydrogen-bond donors (Lipinski definition) is 1. The summed E-state index contributed by atoms with van der Waals surface area (Å²) in [6, 6.07) is 6.70. The normalized spacial score (nSPS) is 19.5. The molecule has 2 saturated heterocycles. The smallest absolute Gasteiger partial charge is 0.191 e. The van der Waals surface area contributed by atoms with Crippen LogP contribution in [0.4, 0.5) is 10.1 Å². The first-order valence-electron chi connectivity index (χ1n) is 10.8. The summed E-state index contributed by atoms with van der Waals surface area (Å²) in [5, 5.41) is 3.31. The maximum Gasteiger partial charge on any atom is 0.191 e. The number of nitrogens with two attached hydrogens (primary N) is 1. The molecule has 0 bridgehead atoms. The Bertz CT molecular complexity index is 836. The highest BCUT2D eigenvalue weighted by Gasteiger charge is 2.21. The predicted octanol–water partition coefficient (Wildman–Crippen LogP) is 2.94. The van der Waals surface area contributed by atoms with Crippen LogP contribution < -0.4 is 10.6 Å². The van der Waals surface area contributed by atoms with E-state index < -0.39 is 0 Å². The summed E-state index contributed by atoms with van der Waals surface area (Å²) in [4.78, 5) is 16.2. The summed E-state index contributed by atoms with van der Waals surface area (Å²) in [5.41, 5.74) is 8.55. The van der Waals surface area contributed by atoms with Gasteiger partial charge in [0.2, 0.25) is 0 Å². The quantitative estimate of drug-likeness (QED) is 0.584. The second-order valence-corrected chi connectivity index (χ2v) is 9.29. The zero-order chi connectivity index (χ0) is 20.9. The van der Waals surface area contributed by atoms with Crippen LogP contribution in [0.1, 0.15) is 23.5 Å². The topological polar surface area (TPSA) is 61.0 Å². The molecule has 2 N–H and O–H groups in total. The Morgan fingerprint density at radius 2 is 1.83 bits per heavy atom. The average Bonchev–Trinajstić information content (AvgIpc) is 3.18. The number of anilines is 1. The minimum atomic E-state index is -0.196. The second kappa shape index (κ2) is 9.75. The second-order valence-electron chi connectivity index (χ2n) is 8.23. The molecule has 0 saturated carbocycles. The first-order chi connectivity index (χ1) is 14.6. The lowest BCUT2D eigenvalue weighted by molar-refractivity contribution is 0.179. The van der Waals surface area contributed by atoms with Gasteiger partial charge >= 0.3 is 0 Å². The van der Waals surface area contributed by atoms with E-state index in [1.165, 1.54) is 17.8 Å². The number of piperidine rings is 1. The molecule has 0 radical (unpaired) electrons. The van der Waals surface area contributed by atoms with Crippen LogP contribution in [0, 0.1) is 18.7 Å². The number of likely N-dealkylation sites (tertiary alicyclic amines) is 1. The fraction of sp³-hybridized carbons (Fsp3) is 0.545. The first kappa shape index (κ1) is 21.1. The van der Waals surface area contributed by atoms with Crippen molar-refractivity contribution in [3.05, 3.63) is 46.2 Å². The zero-order valence-corrected chi connectivity index (χ0v) is 18.5. The predicted molar refractivity (Wildman–Crippen MR) is 122 cm³/mol. The van der Waals surface area contributed by atoms with Gasteiger partial charge in [-0.3, -0.25) is 9.89 Å². The van der Waals surface area contributed by atoms with Crippen LogP contribution in [0.25, 0.3) is 0 Å². The average molecular weight is 431 g/mol. The van der Waals surface area contributed by atoms with Crippen molar-refractivity contribution in [3.63, 3.8) is 0 Å². The van der Waals surface area contributed by atoms with Gasteiger partial charge in [0, 0.05) is 50.3 Å². The monoisotopic (exact) mass is 430 g/mol. The van der Waals surface area contributed by atoms with Crippen molar-refractivity contribution in [2.75, 3.05) is 50.7 Å². The van der Waals surface area contributed by atoms with E-state index in [9.17, 15) is 4.39 Å². The minimum absolute atomic E-state index is 0.196. The van der Waals surface area contributed by atoms with Crippen molar-refractivity contribution in [2.24, 2.45) is 16.6 Å². The molecule has 0 atom stereocenters. The Morgan fingerprint density at radius 3 is 2.47 bits per heavy atom. The highest BCUT2D eigenvalue weighted by Crippen LogP contribution is 2.21. The van der Waals surface area contributed by atoms with Gasteiger partial charge in [-0.05, 0) is 63.0 Å². The van der Waals surface area contributed by atoms with E-state index >= 15 is 0 Å². The van der Waals surface area contributed by atoms with Gasteiger partial charge in [-0.2, -0.15) is 0 Å². The lowest BCUT2D eigenvalue weighted by Gasteiger charge is -2.37. The van der Waals surface area contributed by atoms with E-state index in [1.54, 1.807) is 11.3 Å². The molecule has 6 nitrogen and oxygen atoms in total. The largest absolute Gasteiger partial charge is 0.370 e. The van der Waals surface area contributed by atoms with Gasteiger partial charge in [0.25, 0.3) is 0 Å². The Labute approximate surface area is 182 Å². The molecule has 1 aromatic carbocycles. The van der Waals surface area contributed by atoms with E-state index in [0.29, 0.717) is 11.9 Å². The SMILES string of the molecule is Cc1nc(CN2CCC(CN=C(N)N3CCN(c4ccc(F)cc4)CC3)CC2)cs1. The Kier molecular flexibility index (Phi) is 6.84. The van der Waals surface area contributed by atoms with Crippen molar-refractivity contribution in [3.8, 4) is 0 Å². The summed E-state index contributed by atoms with van der Waals surface area (Å²) >= 11 is 1.73. The maximum atomic E-state index is 13.1. The lowest BCUT2D eigenvalue weighted by Crippen LogP contribution is -2.51. The molecule has 8 heteroatoms. The molecule has 2 aliphatic heterocycles. The van der Waals surface area contributed by atoms with E-state index in [4.69, 9.17) is 10.7 Å². The molecule has 2 fully saturated rings. The summed E-state index contributed by atoms with van der Waals surface area (Å²) < 4.78 is 13.1. The molecule has 1 aromatic heterocycles. The summed E-state index contributed by atoms with van der Waals surface area (Å²) in [6.07, 6.45) is 2.33. The first-order valence-corrected chi connectivity index (χ1v) is 11.6. The Hall–Kier alpha value is -2.19. The van der Waals surface area contributed by atoms with Crippen LogP contribution in [-0.4, -0.2) is 66.6 Å². The fourth-order valence-electron chi connectivity index (χ4n) is 4.21. The third-order valence-electron chi connectivity index (χ3n) is 6.07. The van der Waals surface area contributed by atoms with Gasteiger partial charge in [0.15, 0.2) is 5.96 Å². The number of aliphatic imine (C=N–C) groups is 1. The van der Waals surface area contributed by atoms with Crippen molar-refractivity contribution >= 4 is 23.0 Å². The van der Waals surface area contributed by atoms with Crippen LogP contribution >= 0.6 is 11.3 Å². The van der Waals surface area contributed by atoms with Crippen molar-refractivity contribution in [2.45, 2.75) is 26.3 Å². The van der Waals surface area contributed by atoms with Gasteiger partial charge in [0.05, 0.1) is 10.7 Å². The molecule has 30 heavy (non-hydrogen) atoms. The molecule has 0 aliphatic carbocycles. The number of piperazine rings is 1. The Balaban J connectivity index is 1.19. The van der Waals surface area contributed by atoms with Crippen LogP contribution in [0.3, 0.4) is 0 Å². The molecule has 0 amide bonds. The number of halogens is 1. The molecule has 0 unspecified atom stereocenters. The van der Waals surface area contributed by atoms with E-state index in [1.807, 2.05) is 12.1 Å². The van der Waals surface area contributed by atoms with Crippen LogP contribution in [0.5, 0.6) is 0 Å². The van der Waals surface area contributed by atoms with Crippen molar-refractivity contribution in [1.29, 1.82) is 0 Å². The number of nitrogens with zero attached hydrogens (tertiary/aromatic N) is 5. The number of aryl methyl sites for hydroxylation is 1. The molecule has 3 heterocycles. The molecule has 162 valence electrons. The Morgan fingerprint density at radius 1 is 1.13 bits per heavy atom. The third kappa shape index (κ3) is 5.49. The highest BCUT2D eigenvalue weighted by molar-refractivity contribution is 7.09. The number of guanidine groups is 1. The molecule has 2 aliphatic rings. The van der Waals surface area contributed by atoms with Gasteiger partial charge in [-0.1, -0.05) is 0 Å². The molecule has 4 rings (SSSR count). The van der Waals surface area contributed by atoms with Gasteiger partial charge in [-0.25, -0.2) is 9.37 Å². The maximum absolute atomic E-state index is 13.1. The summed E-state index contributed by atoms with van der Waals surface area (Å²) in [7, 11) is 0. The fourth-order valence-corrected chi connectivity index (χ4v) is 4.81. The minimum Gasteiger partial charge on any atom is -0.370 e. The lowest BCUT2D eigenvalue weighted by atomic mass is 9.97. The molecule has 0 spiro atoms. The molecule has 2 aromatic rings. The number of rotatable bonds is 5. The highest BCUT2D eigenvalue weighted by atomic mass is 32.1. The number of aromatic nitrogens is 1. The molecular formula is C22H31FN6S.